The number of fused-ring (bicyclic) bond motifs is 1. The van der Waals surface area contributed by atoms with Crippen molar-refractivity contribution in [1.82, 2.24) is 0 Å². The molecule has 1 aliphatic carbocycles. The molecule has 1 atom stereocenters. The predicted octanol–water partition coefficient (Wildman–Crippen LogP) is 4.27. The lowest BCUT2D eigenvalue weighted by molar-refractivity contribution is -0.120. The normalized spacial score (nSPS) is 15.6. The van der Waals surface area contributed by atoms with Crippen LogP contribution in [0, 0.1) is 5.92 Å². The van der Waals surface area contributed by atoms with E-state index in [1.807, 2.05) is 6.92 Å². The fraction of sp³-hybridized carbons (Fsp3) is 0.667. The third-order valence-electron chi connectivity index (χ3n) is 4.67. The monoisotopic (exact) mass is 336 g/mol. The van der Waals surface area contributed by atoms with Gasteiger partial charge in [-0.15, -0.1) is 11.3 Å². The van der Waals surface area contributed by atoms with Crippen LogP contribution in [0.25, 0.3) is 0 Å². The van der Waals surface area contributed by atoms with Gasteiger partial charge in [0.05, 0.1) is 5.56 Å². The Hall–Kier alpha value is -1.36. The van der Waals surface area contributed by atoms with Crippen molar-refractivity contribution in [3.8, 4) is 0 Å². The van der Waals surface area contributed by atoms with Gasteiger partial charge >= 0.3 is 0 Å². The average Bonchev–Trinajstić information content (AvgIpc) is 2.69. The molecular formula is C18H28N2O2S. The van der Waals surface area contributed by atoms with E-state index < -0.39 is 5.91 Å². The number of hydrogen-bond donors (Lipinski definition) is 2. The molecule has 128 valence electrons. The van der Waals surface area contributed by atoms with E-state index in [9.17, 15) is 9.59 Å². The molecule has 2 rings (SSSR count). The lowest BCUT2D eigenvalue weighted by atomic mass is 9.98. The fourth-order valence-electron chi connectivity index (χ4n) is 3.28. The highest BCUT2D eigenvalue weighted by molar-refractivity contribution is 7.17. The minimum Gasteiger partial charge on any atom is -0.365 e. The maximum absolute atomic E-state index is 12.5. The summed E-state index contributed by atoms with van der Waals surface area (Å²) in [5.41, 5.74) is 7.26. The zero-order valence-corrected chi connectivity index (χ0v) is 15.1. The molecule has 0 spiro atoms. The molecule has 1 heterocycles. The molecule has 0 aliphatic heterocycles. The van der Waals surface area contributed by atoms with Gasteiger partial charge in [0.1, 0.15) is 5.00 Å². The molecule has 4 nitrogen and oxygen atoms in total. The Morgan fingerprint density at radius 2 is 1.96 bits per heavy atom. The number of anilines is 1. The van der Waals surface area contributed by atoms with Crippen molar-refractivity contribution in [3.63, 3.8) is 0 Å². The van der Waals surface area contributed by atoms with Gasteiger partial charge in [0.25, 0.3) is 5.91 Å². The van der Waals surface area contributed by atoms with Crippen molar-refractivity contribution in [2.24, 2.45) is 11.7 Å². The molecular weight excluding hydrogens is 308 g/mol. The van der Waals surface area contributed by atoms with Gasteiger partial charge in [-0.25, -0.2) is 0 Å². The predicted molar refractivity (Wildman–Crippen MR) is 96.0 cm³/mol. The zero-order valence-electron chi connectivity index (χ0n) is 14.2. The number of thiophene rings is 1. The summed E-state index contributed by atoms with van der Waals surface area (Å²) in [6.45, 7) is 4.17. The summed E-state index contributed by atoms with van der Waals surface area (Å²) >= 11 is 1.55. The van der Waals surface area contributed by atoms with Crippen LogP contribution in [0.2, 0.25) is 0 Å². The molecule has 0 unspecified atom stereocenters. The Bertz CT molecular complexity index is 566. The van der Waals surface area contributed by atoms with Crippen LogP contribution < -0.4 is 11.1 Å². The number of carbonyl (C=O) groups is 2. The number of aryl methyl sites for hydroxylation is 1. The van der Waals surface area contributed by atoms with E-state index in [-0.39, 0.29) is 11.8 Å². The number of amides is 2. The molecule has 2 amide bonds. The van der Waals surface area contributed by atoms with Crippen LogP contribution in [-0.4, -0.2) is 11.8 Å². The van der Waals surface area contributed by atoms with E-state index in [1.54, 1.807) is 11.3 Å². The van der Waals surface area contributed by atoms with Crippen molar-refractivity contribution >= 4 is 28.2 Å². The second-order valence-electron chi connectivity index (χ2n) is 6.37. The Labute approximate surface area is 142 Å². The minimum absolute atomic E-state index is 0.0117. The molecule has 1 aromatic rings. The van der Waals surface area contributed by atoms with E-state index in [0.717, 1.165) is 56.9 Å². The quantitative estimate of drug-likeness (QED) is 0.730. The van der Waals surface area contributed by atoms with Gasteiger partial charge in [-0.3, -0.25) is 9.59 Å². The number of nitrogens with two attached hydrogens (primary N) is 1. The summed E-state index contributed by atoms with van der Waals surface area (Å²) in [6.07, 6.45) is 9.17. The summed E-state index contributed by atoms with van der Waals surface area (Å²) in [6, 6.07) is 0. The van der Waals surface area contributed by atoms with Crippen LogP contribution in [-0.2, 0) is 17.6 Å². The standard InChI is InChI=1S/C18H28N2O2S/c1-3-5-9-12(4-2)17(22)20-18-15(16(19)21)13-10-7-6-8-11-14(13)23-18/h12H,3-11H2,1-2H3,(H2,19,21)(H,20,22)/t12-/m1/s1. The van der Waals surface area contributed by atoms with E-state index >= 15 is 0 Å². The van der Waals surface area contributed by atoms with Crippen LogP contribution in [0.3, 0.4) is 0 Å². The molecule has 23 heavy (non-hydrogen) atoms. The first kappa shape index (κ1) is 18.0. The van der Waals surface area contributed by atoms with Gasteiger partial charge in [0.2, 0.25) is 5.91 Å². The third-order valence-corrected chi connectivity index (χ3v) is 5.88. The van der Waals surface area contributed by atoms with Gasteiger partial charge in [0.15, 0.2) is 0 Å². The molecule has 0 fully saturated rings. The second-order valence-corrected chi connectivity index (χ2v) is 7.47. The summed E-state index contributed by atoms with van der Waals surface area (Å²) in [5, 5.41) is 3.68. The maximum Gasteiger partial charge on any atom is 0.251 e. The summed E-state index contributed by atoms with van der Waals surface area (Å²) in [4.78, 5) is 25.7. The van der Waals surface area contributed by atoms with Crippen LogP contribution in [0.5, 0.6) is 0 Å². The number of carbonyl (C=O) groups excluding carboxylic acids is 2. The first-order valence-corrected chi connectivity index (χ1v) is 9.65. The summed E-state index contributed by atoms with van der Waals surface area (Å²) in [5.74, 6) is -0.376. The van der Waals surface area contributed by atoms with Gasteiger partial charge < -0.3 is 11.1 Å². The van der Waals surface area contributed by atoms with Crippen molar-refractivity contribution in [2.75, 3.05) is 5.32 Å². The van der Waals surface area contributed by atoms with E-state index in [2.05, 4.69) is 12.2 Å². The molecule has 1 aromatic heterocycles. The topological polar surface area (TPSA) is 72.2 Å². The Morgan fingerprint density at radius 1 is 1.22 bits per heavy atom. The van der Waals surface area contributed by atoms with Crippen molar-refractivity contribution in [2.45, 2.75) is 71.6 Å². The smallest absolute Gasteiger partial charge is 0.251 e. The lowest BCUT2D eigenvalue weighted by Crippen LogP contribution is -2.24. The zero-order chi connectivity index (χ0) is 16.8. The van der Waals surface area contributed by atoms with Gasteiger partial charge in [0, 0.05) is 10.8 Å². The molecule has 3 N–H and O–H groups in total. The molecule has 0 saturated carbocycles. The second kappa shape index (κ2) is 8.48. The van der Waals surface area contributed by atoms with Crippen LogP contribution in [0.1, 0.15) is 79.6 Å². The van der Waals surface area contributed by atoms with Gasteiger partial charge in [-0.1, -0.05) is 33.1 Å². The highest BCUT2D eigenvalue weighted by atomic mass is 32.1. The highest BCUT2D eigenvalue weighted by Gasteiger charge is 2.25. The molecule has 0 bridgehead atoms. The first-order chi connectivity index (χ1) is 11.1. The SMILES string of the molecule is CCCC[C@@H](CC)C(=O)Nc1sc2c(c1C(N)=O)CCCCC2. The lowest BCUT2D eigenvalue weighted by Gasteiger charge is -2.14. The Morgan fingerprint density at radius 3 is 2.61 bits per heavy atom. The number of rotatable bonds is 7. The molecule has 1 aliphatic rings. The summed E-state index contributed by atoms with van der Waals surface area (Å²) in [7, 11) is 0. The van der Waals surface area contributed by atoms with Crippen LogP contribution in [0.4, 0.5) is 5.00 Å². The third kappa shape index (κ3) is 4.34. The minimum atomic E-state index is -0.415. The summed E-state index contributed by atoms with van der Waals surface area (Å²) < 4.78 is 0. The molecule has 5 heteroatoms. The highest BCUT2D eigenvalue weighted by Crippen LogP contribution is 2.37. The van der Waals surface area contributed by atoms with Crippen molar-refractivity contribution in [3.05, 3.63) is 16.0 Å². The molecule has 0 radical (unpaired) electrons. The molecule has 0 aromatic carbocycles. The largest absolute Gasteiger partial charge is 0.365 e. The van der Waals surface area contributed by atoms with Crippen molar-refractivity contribution in [1.29, 1.82) is 0 Å². The number of unbranched alkanes of at least 4 members (excludes halogenated alkanes) is 1. The van der Waals surface area contributed by atoms with Gasteiger partial charge in [-0.2, -0.15) is 0 Å². The van der Waals surface area contributed by atoms with Gasteiger partial charge in [-0.05, 0) is 44.1 Å². The van der Waals surface area contributed by atoms with E-state index in [0.29, 0.717) is 10.6 Å². The average molecular weight is 337 g/mol. The van der Waals surface area contributed by atoms with E-state index in [4.69, 9.17) is 5.73 Å². The number of hydrogen-bond acceptors (Lipinski definition) is 3. The fourth-order valence-corrected chi connectivity index (χ4v) is 4.57. The first-order valence-electron chi connectivity index (χ1n) is 8.83. The maximum atomic E-state index is 12.5. The number of primary amides is 1. The Kier molecular flexibility index (Phi) is 6.63. The van der Waals surface area contributed by atoms with E-state index in [1.165, 1.54) is 11.3 Å². The Balaban J connectivity index is 2.22. The van der Waals surface area contributed by atoms with Crippen LogP contribution in [0.15, 0.2) is 0 Å². The number of nitrogens with one attached hydrogen (secondary N) is 1. The van der Waals surface area contributed by atoms with Crippen LogP contribution >= 0.6 is 11.3 Å². The molecule has 0 saturated heterocycles. The van der Waals surface area contributed by atoms with Crippen molar-refractivity contribution < 1.29 is 9.59 Å².